The molecular weight excluding hydrogens is 487 g/mol. The molecular formula is C25H19ClF3NO3S. The van der Waals surface area contributed by atoms with Crippen LogP contribution in [0.1, 0.15) is 35.0 Å². The van der Waals surface area contributed by atoms with Crippen LogP contribution in [0, 0.1) is 5.92 Å². The molecule has 1 aromatic heterocycles. The predicted molar refractivity (Wildman–Crippen MR) is 129 cm³/mol. The number of allylic oxidation sites excluding steroid dienone is 2. The number of Topliss-reactive ketones (excluding diaryl/α,β-unsaturated/α-hetero) is 1. The minimum absolute atomic E-state index is 0.167. The lowest BCUT2D eigenvalue weighted by Gasteiger charge is -2.26. The van der Waals surface area contributed by atoms with Crippen molar-refractivity contribution in [3.8, 4) is 5.75 Å². The Balaban J connectivity index is 1.55. The van der Waals surface area contributed by atoms with Crippen molar-refractivity contribution in [2.45, 2.75) is 26.1 Å². The Hall–Kier alpha value is -2.97. The monoisotopic (exact) mass is 505 g/mol. The van der Waals surface area contributed by atoms with E-state index in [2.05, 4.69) is 16.3 Å². The molecule has 2 aromatic carbocycles. The van der Waals surface area contributed by atoms with E-state index in [1.165, 1.54) is 36.0 Å². The van der Waals surface area contributed by atoms with Crippen molar-refractivity contribution in [1.29, 1.82) is 0 Å². The average molecular weight is 506 g/mol. The van der Waals surface area contributed by atoms with E-state index in [0.29, 0.717) is 38.5 Å². The SMILES string of the molecule is C=C(S/C(=C\C)C1CC(=O)c2c([nH]c3ccc(Cl)cc3c2=O)C1)c1ccc(OC(F)(F)F)cc1. The molecule has 1 N–H and O–H groups in total. The first kappa shape index (κ1) is 24.2. The van der Waals surface area contributed by atoms with Crippen LogP contribution in [0.2, 0.25) is 5.02 Å². The highest BCUT2D eigenvalue weighted by Gasteiger charge is 2.32. The van der Waals surface area contributed by atoms with Gasteiger partial charge in [-0.05, 0) is 54.1 Å². The highest BCUT2D eigenvalue weighted by Crippen LogP contribution is 2.41. The highest BCUT2D eigenvalue weighted by atomic mass is 35.5. The van der Waals surface area contributed by atoms with Gasteiger partial charge in [0.05, 0.1) is 5.56 Å². The number of fused-ring (bicyclic) bond motifs is 2. The zero-order valence-corrected chi connectivity index (χ0v) is 19.5. The van der Waals surface area contributed by atoms with E-state index in [-0.39, 0.29) is 34.9 Å². The Morgan fingerprint density at radius 3 is 2.53 bits per heavy atom. The summed E-state index contributed by atoms with van der Waals surface area (Å²) in [7, 11) is 0. The Bertz CT molecular complexity index is 1380. The molecule has 1 heterocycles. The topological polar surface area (TPSA) is 59.2 Å². The number of ketones is 1. The lowest BCUT2D eigenvalue weighted by Crippen LogP contribution is -2.29. The van der Waals surface area contributed by atoms with Gasteiger partial charge in [0, 0.05) is 38.9 Å². The molecule has 0 saturated heterocycles. The van der Waals surface area contributed by atoms with Crippen molar-refractivity contribution in [3.05, 3.63) is 92.1 Å². The van der Waals surface area contributed by atoms with Gasteiger partial charge < -0.3 is 9.72 Å². The molecule has 1 atom stereocenters. The van der Waals surface area contributed by atoms with Gasteiger partial charge in [0.1, 0.15) is 5.75 Å². The molecule has 0 radical (unpaired) electrons. The van der Waals surface area contributed by atoms with Crippen molar-refractivity contribution in [2.75, 3.05) is 0 Å². The molecule has 1 aliphatic rings. The van der Waals surface area contributed by atoms with Gasteiger partial charge in [0.2, 0.25) is 5.43 Å². The lowest BCUT2D eigenvalue weighted by atomic mass is 9.84. The van der Waals surface area contributed by atoms with Crippen molar-refractivity contribution >= 4 is 45.0 Å². The van der Waals surface area contributed by atoms with E-state index >= 15 is 0 Å². The Morgan fingerprint density at radius 2 is 1.88 bits per heavy atom. The van der Waals surface area contributed by atoms with E-state index in [0.717, 1.165) is 4.91 Å². The first-order valence-corrected chi connectivity index (χ1v) is 11.5. The van der Waals surface area contributed by atoms with Gasteiger partial charge in [0.15, 0.2) is 5.78 Å². The number of hydrogen-bond acceptors (Lipinski definition) is 4. The third-order valence-corrected chi connectivity index (χ3v) is 7.06. The van der Waals surface area contributed by atoms with Crippen LogP contribution in [-0.4, -0.2) is 17.1 Å². The summed E-state index contributed by atoms with van der Waals surface area (Å²) in [5.74, 6) is -0.721. The number of carbonyl (C=O) groups is 1. The van der Waals surface area contributed by atoms with Gasteiger partial charge in [-0.2, -0.15) is 0 Å². The number of pyridine rings is 1. The smallest absolute Gasteiger partial charge is 0.406 e. The number of H-pyrrole nitrogens is 1. The first-order valence-electron chi connectivity index (χ1n) is 10.3. The molecule has 0 bridgehead atoms. The number of rotatable bonds is 5. The number of aromatic nitrogens is 1. The number of alkyl halides is 3. The van der Waals surface area contributed by atoms with Crippen LogP contribution >= 0.6 is 23.4 Å². The summed E-state index contributed by atoms with van der Waals surface area (Å²) in [4.78, 5) is 30.6. The minimum Gasteiger partial charge on any atom is -0.406 e. The van der Waals surface area contributed by atoms with E-state index in [1.807, 2.05) is 13.0 Å². The van der Waals surface area contributed by atoms with Crippen LogP contribution in [0.5, 0.6) is 5.75 Å². The molecule has 0 amide bonds. The molecule has 1 aliphatic carbocycles. The van der Waals surface area contributed by atoms with Crippen LogP contribution in [0.15, 0.2) is 64.8 Å². The van der Waals surface area contributed by atoms with E-state index < -0.39 is 6.36 Å². The van der Waals surface area contributed by atoms with Gasteiger partial charge in [-0.25, -0.2) is 0 Å². The largest absolute Gasteiger partial charge is 0.573 e. The van der Waals surface area contributed by atoms with E-state index in [4.69, 9.17) is 11.6 Å². The van der Waals surface area contributed by atoms with Crippen LogP contribution in [0.4, 0.5) is 13.2 Å². The molecule has 1 unspecified atom stereocenters. The fourth-order valence-corrected chi connectivity index (χ4v) is 5.19. The number of carbonyl (C=O) groups excluding carboxylic acids is 1. The van der Waals surface area contributed by atoms with E-state index in [9.17, 15) is 22.8 Å². The Morgan fingerprint density at radius 1 is 1.18 bits per heavy atom. The van der Waals surface area contributed by atoms with Crippen molar-refractivity contribution in [3.63, 3.8) is 0 Å². The second kappa shape index (κ2) is 9.35. The van der Waals surface area contributed by atoms with Crippen molar-refractivity contribution in [2.24, 2.45) is 5.92 Å². The Labute approximate surface area is 202 Å². The maximum Gasteiger partial charge on any atom is 0.573 e. The Kier molecular flexibility index (Phi) is 6.64. The van der Waals surface area contributed by atoms with Crippen molar-refractivity contribution in [1.82, 2.24) is 4.98 Å². The fraction of sp³-hybridized carbons (Fsp3) is 0.200. The van der Waals surface area contributed by atoms with Crippen LogP contribution in [0.3, 0.4) is 0 Å². The summed E-state index contributed by atoms with van der Waals surface area (Å²) in [5.41, 5.74) is 1.68. The number of hydrogen-bond donors (Lipinski definition) is 1. The van der Waals surface area contributed by atoms with Gasteiger partial charge in [0.25, 0.3) is 0 Å². The minimum atomic E-state index is -4.76. The summed E-state index contributed by atoms with van der Waals surface area (Å²) in [6, 6.07) is 10.4. The molecule has 3 aromatic rings. The molecule has 0 fully saturated rings. The average Bonchev–Trinajstić information content (AvgIpc) is 2.77. The summed E-state index contributed by atoms with van der Waals surface area (Å²) < 4.78 is 41.1. The maximum atomic E-state index is 13.0. The van der Waals surface area contributed by atoms with Gasteiger partial charge in [-0.3, -0.25) is 9.59 Å². The number of ether oxygens (including phenoxy) is 1. The summed E-state index contributed by atoms with van der Waals surface area (Å²) in [6.45, 7) is 5.89. The summed E-state index contributed by atoms with van der Waals surface area (Å²) in [6.07, 6.45) is -2.24. The molecule has 0 aliphatic heterocycles. The summed E-state index contributed by atoms with van der Waals surface area (Å²) >= 11 is 7.37. The second-order valence-electron chi connectivity index (χ2n) is 7.81. The standard InChI is InChI=1S/C25H19ClF3NO3S/c1-3-22(34-13(2)14-4-7-17(8-5-14)33-25(27,28)29)15-10-20-23(21(31)11-15)24(32)18-12-16(26)6-9-19(18)30-20/h3-9,12,15H,2,10-11H2,1H3,(H,30,32)/b22-3-. The third kappa shape index (κ3) is 5.08. The number of nitrogens with one attached hydrogen (secondary N) is 1. The lowest BCUT2D eigenvalue weighted by molar-refractivity contribution is -0.274. The summed E-state index contributed by atoms with van der Waals surface area (Å²) in [5, 5.41) is 0.799. The predicted octanol–water partition coefficient (Wildman–Crippen LogP) is 7.13. The number of aromatic amines is 1. The normalized spacial score (nSPS) is 16.4. The number of thioether (sulfide) groups is 1. The quantitative estimate of drug-likeness (QED) is 0.400. The van der Waals surface area contributed by atoms with Gasteiger partial charge in [-0.15, -0.1) is 13.2 Å². The maximum absolute atomic E-state index is 13.0. The number of benzene rings is 2. The molecule has 0 spiro atoms. The molecule has 0 saturated carbocycles. The molecule has 9 heteroatoms. The molecule has 176 valence electrons. The van der Waals surface area contributed by atoms with Gasteiger partial charge >= 0.3 is 6.36 Å². The molecule has 4 nitrogen and oxygen atoms in total. The molecule has 34 heavy (non-hydrogen) atoms. The van der Waals surface area contributed by atoms with Crippen molar-refractivity contribution < 1.29 is 22.7 Å². The van der Waals surface area contributed by atoms with Gasteiger partial charge in [-0.1, -0.05) is 48.2 Å². The fourth-order valence-electron chi connectivity index (χ4n) is 4.03. The zero-order chi connectivity index (χ0) is 24.6. The van der Waals surface area contributed by atoms with Crippen LogP contribution in [-0.2, 0) is 6.42 Å². The van der Waals surface area contributed by atoms with Crippen LogP contribution in [0.25, 0.3) is 15.8 Å². The van der Waals surface area contributed by atoms with E-state index in [1.54, 1.807) is 18.2 Å². The number of halogens is 4. The second-order valence-corrected chi connectivity index (χ2v) is 9.42. The highest BCUT2D eigenvalue weighted by molar-refractivity contribution is 8.11. The third-order valence-electron chi connectivity index (χ3n) is 5.54. The zero-order valence-electron chi connectivity index (χ0n) is 18.0. The molecule has 4 rings (SSSR count). The van der Waals surface area contributed by atoms with Crippen LogP contribution < -0.4 is 10.2 Å². The first-order chi connectivity index (χ1) is 16.1.